The standard InChI is InChI=1S/C26H21N3O2S/c1-16-9-11-17(12-10-16)25(30)24-23(27)22(21-8-3-4-13-29(21)24)26-28-20(15-32-26)18-6-5-7-19(14-18)31-2/h3-15H,27H2,1-2H3. The molecule has 0 aliphatic carbocycles. The molecule has 158 valence electrons. The van der Waals surface area contributed by atoms with Crippen LogP contribution in [-0.4, -0.2) is 22.3 Å². The highest BCUT2D eigenvalue weighted by atomic mass is 32.1. The van der Waals surface area contributed by atoms with Crippen molar-refractivity contribution in [2.45, 2.75) is 6.92 Å². The molecule has 32 heavy (non-hydrogen) atoms. The summed E-state index contributed by atoms with van der Waals surface area (Å²) >= 11 is 1.51. The molecule has 6 heteroatoms. The van der Waals surface area contributed by atoms with E-state index in [9.17, 15) is 4.79 Å². The first-order valence-electron chi connectivity index (χ1n) is 10.2. The second-order valence-electron chi connectivity index (χ2n) is 7.56. The molecule has 2 N–H and O–H groups in total. The van der Waals surface area contributed by atoms with Crippen LogP contribution < -0.4 is 10.5 Å². The van der Waals surface area contributed by atoms with Crippen LogP contribution in [0.3, 0.4) is 0 Å². The maximum Gasteiger partial charge on any atom is 0.211 e. The maximum atomic E-state index is 13.4. The van der Waals surface area contributed by atoms with Crippen LogP contribution in [0.25, 0.3) is 27.3 Å². The largest absolute Gasteiger partial charge is 0.497 e. The van der Waals surface area contributed by atoms with Gasteiger partial charge in [-0.05, 0) is 31.2 Å². The highest BCUT2D eigenvalue weighted by Crippen LogP contribution is 2.39. The summed E-state index contributed by atoms with van der Waals surface area (Å²) < 4.78 is 7.20. The van der Waals surface area contributed by atoms with Crippen molar-refractivity contribution in [1.82, 2.24) is 9.38 Å². The summed E-state index contributed by atoms with van der Waals surface area (Å²) in [6.07, 6.45) is 1.87. The van der Waals surface area contributed by atoms with E-state index in [4.69, 9.17) is 15.5 Å². The number of thiazole rings is 1. The zero-order chi connectivity index (χ0) is 22.2. The average Bonchev–Trinajstić information content (AvgIpc) is 3.41. The van der Waals surface area contributed by atoms with Crippen LogP contribution in [0, 0.1) is 6.92 Å². The minimum absolute atomic E-state index is 0.112. The van der Waals surface area contributed by atoms with Crippen molar-refractivity contribution in [1.29, 1.82) is 0 Å². The monoisotopic (exact) mass is 439 g/mol. The van der Waals surface area contributed by atoms with Crippen molar-refractivity contribution in [3.05, 3.63) is 95.1 Å². The fourth-order valence-electron chi connectivity index (χ4n) is 3.83. The Morgan fingerprint density at radius 3 is 2.66 bits per heavy atom. The van der Waals surface area contributed by atoms with E-state index in [0.717, 1.165) is 38.7 Å². The van der Waals surface area contributed by atoms with Gasteiger partial charge in [0.1, 0.15) is 16.5 Å². The van der Waals surface area contributed by atoms with Gasteiger partial charge in [0.25, 0.3) is 0 Å². The van der Waals surface area contributed by atoms with Crippen molar-refractivity contribution < 1.29 is 9.53 Å². The Bertz CT molecular complexity index is 1450. The van der Waals surface area contributed by atoms with Crippen LogP contribution in [0.15, 0.2) is 78.3 Å². The number of aromatic nitrogens is 2. The molecule has 5 nitrogen and oxygen atoms in total. The SMILES string of the molecule is COc1cccc(-c2csc(-c3c(N)c(C(=O)c4ccc(C)cc4)n4ccccc34)n2)c1. The third kappa shape index (κ3) is 3.35. The van der Waals surface area contributed by atoms with Gasteiger partial charge >= 0.3 is 0 Å². The van der Waals surface area contributed by atoms with Crippen LogP contribution in [0.5, 0.6) is 5.75 Å². The smallest absolute Gasteiger partial charge is 0.211 e. The molecule has 0 aliphatic heterocycles. The number of rotatable bonds is 5. The Morgan fingerprint density at radius 2 is 1.88 bits per heavy atom. The molecule has 0 atom stereocenters. The molecule has 0 amide bonds. The lowest BCUT2D eigenvalue weighted by atomic mass is 10.1. The molecule has 0 bridgehead atoms. The number of pyridine rings is 1. The fraction of sp³-hybridized carbons (Fsp3) is 0.0769. The maximum absolute atomic E-state index is 13.4. The molecule has 5 rings (SSSR count). The van der Waals surface area contributed by atoms with Gasteiger partial charge in [0.15, 0.2) is 0 Å². The van der Waals surface area contributed by atoms with Gasteiger partial charge in [-0.2, -0.15) is 0 Å². The van der Waals surface area contributed by atoms with Gasteiger partial charge in [-0.25, -0.2) is 4.98 Å². The number of carbonyl (C=O) groups is 1. The number of hydrogen-bond donors (Lipinski definition) is 1. The quantitative estimate of drug-likeness (QED) is 0.348. The van der Waals surface area contributed by atoms with Crippen molar-refractivity contribution in [2.24, 2.45) is 0 Å². The Balaban J connectivity index is 1.65. The summed E-state index contributed by atoms with van der Waals surface area (Å²) in [6.45, 7) is 2.00. The molecular weight excluding hydrogens is 418 g/mol. The third-order valence-corrected chi connectivity index (χ3v) is 6.35. The molecule has 0 unspecified atom stereocenters. The molecule has 0 saturated carbocycles. The zero-order valence-corrected chi connectivity index (χ0v) is 18.5. The minimum Gasteiger partial charge on any atom is -0.497 e. The van der Waals surface area contributed by atoms with Gasteiger partial charge in [0.05, 0.1) is 29.6 Å². The second-order valence-corrected chi connectivity index (χ2v) is 8.42. The number of fused-ring (bicyclic) bond motifs is 1. The number of ether oxygens (including phenoxy) is 1. The number of methoxy groups -OCH3 is 1. The van der Waals surface area contributed by atoms with Gasteiger partial charge in [-0.3, -0.25) is 4.79 Å². The number of ketones is 1. The lowest BCUT2D eigenvalue weighted by molar-refractivity contribution is 0.103. The van der Waals surface area contributed by atoms with Crippen LogP contribution in [0.4, 0.5) is 5.69 Å². The number of benzene rings is 2. The van der Waals surface area contributed by atoms with Gasteiger partial charge < -0.3 is 14.9 Å². The number of nitrogens with zero attached hydrogens (tertiary/aromatic N) is 2. The highest BCUT2D eigenvalue weighted by Gasteiger charge is 2.25. The third-order valence-electron chi connectivity index (χ3n) is 5.49. The van der Waals surface area contributed by atoms with Crippen LogP contribution in [0.1, 0.15) is 21.6 Å². The summed E-state index contributed by atoms with van der Waals surface area (Å²) in [4.78, 5) is 18.3. The van der Waals surface area contributed by atoms with Gasteiger partial charge in [-0.1, -0.05) is 48.0 Å². The molecule has 2 aromatic carbocycles. The highest BCUT2D eigenvalue weighted by molar-refractivity contribution is 7.13. The topological polar surface area (TPSA) is 69.6 Å². The zero-order valence-electron chi connectivity index (χ0n) is 17.7. The lowest BCUT2D eigenvalue weighted by Gasteiger charge is -2.04. The van der Waals surface area contributed by atoms with Crippen LogP contribution >= 0.6 is 11.3 Å². The molecule has 0 fully saturated rings. The molecule has 0 saturated heterocycles. The predicted octanol–water partition coefficient (Wildman–Crippen LogP) is 5.86. The Labute approximate surface area is 189 Å². The number of anilines is 1. The second kappa shape index (κ2) is 7.98. The van der Waals surface area contributed by atoms with Crippen molar-refractivity contribution >= 4 is 28.3 Å². The van der Waals surface area contributed by atoms with E-state index in [1.165, 1.54) is 11.3 Å². The van der Waals surface area contributed by atoms with E-state index < -0.39 is 0 Å². The van der Waals surface area contributed by atoms with E-state index in [1.54, 1.807) is 7.11 Å². The molecule has 0 aliphatic rings. The van der Waals surface area contributed by atoms with E-state index in [2.05, 4.69) is 0 Å². The molecule has 3 aromatic heterocycles. The number of nitrogen functional groups attached to an aromatic ring is 1. The predicted molar refractivity (Wildman–Crippen MR) is 130 cm³/mol. The molecule has 0 spiro atoms. The Hall–Kier alpha value is -3.90. The fourth-order valence-corrected chi connectivity index (χ4v) is 4.73. The Morgan fingerprint density at radius 1 is 1.06 bits per heavy atom. The molecular formula is C26H21N3O2S. The van der Waals surface area contributed by atoms with Crippen LogP contribution in [-0.2, 0) is 0 Å². The van der Waals surface area contributed by atoms with Gasteiger partial charge in [0, 0.05) is 22.7 Å². The first-order chi connectivity index (χ1) is 15.6. The van der Waals surface area contributed by atoms with E-state index >= 15 is 0 Å². The summed E-state index contributed by atoms with van der Waals surface area (Å²) in [5, 5.41) is 2.77. The Kier molecular flexibility index (Phi) is 4.99. The van der Waals surface area contributed by atoms with Crippen molar-refractivity contribution in [3.8, 4) is 27.6 Å². The number of hydrogen-bond acceptors (Lipinski definition) is 5. The number of nitrogens with two attached hydrogens (primary N) is 1. The molecule has 3 heterocycles. The van der Waals surface area contributed by atoms with E-state index in [-0.39, 0.29) is 5.78 Å². The number of aryl methyl sites for hydroxylation is 1. The lowest BCUT2D eigenvalue weighted by Crippen LogP contribution is -2.08. The summed E-state index contributed by atoms with van der Waals surface area (Å²) in [5.41, 5.74) is 12.6. The average molecular weight is 440 g/mol. The normalized spacial score (nSPS) is 11.1. The molecule has 5 aromatic rings. The summed E-state index contributed by atoms with van der Waals surface area (Å²) in [7, 11) is 1.65. The van der Waals surface area contributed by atoms with Crippen LogP contribution in [0.2, 0.25) is 0 Å². The van der Waals surface area contributed by atoms with E-state index in [1.807, 2.05) is 89.6 Å². The first-order valence-corrected chi connectivity index (χ1v) is 11.0. The summed E-state index contributed by atoms with van der Waals surface area (Å²) in [5.74, 6) is 0.663. The van der Waals surface area contributed by atoms with E-state index in [0.29, 0.717) is 16.9 Å². The first kappa shape index (κ1) is 20.0. The summed E-state index contributed by atoms with van der Waals surface area (Å²) in [6, 6.07) is 21.1. The van der Waals surface area contributed by atoms with Gasteiger partial charge in [0.2, 0.25) is 5.78 Å². The molecule has 0 radical (unpaired) electrons. The number of carbonyl (C=O) groups excluding carboxylic acids is 1. The van der Waals surface area contributed by atoms with Crippen molar-refractivity contribution in [3.63, 3.8) is 0 Å². The van der Waals surface area contributed by atoms with Gasteiger partial charge in [-0.15, -0.1) is 11.3 Å². The van der Waals surface area contributed by atoms with Crippen molar-refractivity contribution in [2.75, 3.05) is 12.8 Å². The minimum atomic E-state index is -0.112.